The molecule has 0 aromatic carbocycles. The molecule has 0 fully saturated rings. The summed E-state index contributed by atoms with van der Waals surface area (Å²) in [4.78, 5) is 3.35. The molecule has 10 heavy (non-hydrogen) atoms. The number of hydrogen-bond donors (Lipinski definition) is 1. The zero-order chi connectivity index (χ0) is 7.72. The number of rotatable bonds is 0. The van der Waals surface area contributed by atoms with Gasteiger partial charge in [0, 0.05) is 6.20 Å². The van der Waals surface area contributed by atoms with Crippen LogP contribution in [0.25, 0.3) is 0 Å². The van der Waals surface area contributed by atoms with Crippen LogP contribution in [0.4, 0.5) is 10.1 Å². The van der Waals surface area contributed by atoms with E-state index < -0.39 is 5.95 Å². The van der Waals surface area contributed by atoms with E-state index in [1.165, 1.54) is 6.20 Å². The molecule has 0 bridgehead atoms. The Morgan fingerprint density at radius 2 is 2.30 bits per heavy atom. The molecule has 1 aromatic heterocycles. The van der Waals surface area contributed by atoms with Crippen LogP contribution in [0.2, 0.25) is 5.02 Å². The van der Waals surface area contributed by atoms with Gasteiger partial charge in [-0.05, 0) is 22.6 Å². The summed E-state index contributed by atoms with van der Waals surface area (Å²) in [5.41, 5.74) is 5.61. The second-order valence-electron chi connectivity index (χ2n) is 1.62. The predicted octanol–water partition coefficient (Wildman–Crippen LogP) is 2.06. The highest BCUT2D eigenvalue weighted by atomic mass is 127. The van der Waals surface area contributed by atoms with E-state index in [1.807, 2.05) is 22.6 Å². The maximum atomic E-state index is 12.4. The Morgan fingerprint density at radius 1 is 1.70 bits per heavy atom. The molecule has 0 aliphatic heterocycles. The molecule has 0 radical (unpaired) electrons. The van der Waals surface area contributed by atoms with Gasteiger partial charge in [-0.25, -0.2) is 4.98 Å². The minimum absolute atomic E-state index is 0.105. The highest BCUT2D eigenvalue weighted by Gasteiger charge is 2.06. The van der Waals surface area contributed by atoms with Crippen molar-refractivity contribution < 1.29 is 4.39 Å². The molecule has 0 amide bonds. The summed E-state index contributed by atoms with van der Waals surface area (Å²) in [6.45, 7) is 0. The standard InChI is InChI=1S/C5H3ClFIN2/c6-3-4(9)2(8)1-10-5(3)7/h1H,(H2,9,10). The summed E-state index contributed by atoms with van der Waals surface area (Å²) in [5.74, 6) is -0.723. The number of pyridine rings is 1. The summed E-state index contributed by atoms with van der Waals surface area (Å²) < 4.78 is 13.1. The van der Waals surface area contributed by atoms with Crippen LogP contribution in [0.3, 0.4) is 0 Å². The molecule has 5 heteroatoms. The molecule has 54 valence electrons. The number of aromatic nitrogens is 1. The molecule has 1 heterocycles. The average Bonchev–Trinajstić information content (AvgIpc) is 1.93. The lowest BCUT2D eigenvalue weighted by Gasteiger charge is -1.99. The van der Waals surface area contributed by atoms with Crippen LogP contribution in [0, 0.1) is 9.52 Å². The molecule has 1 rings (SSSR count). The Labute approximate surface area is 75.7 Å². The number of hydrogen-bond acceptors (Lipinski definition) is 2. The van der Waals surface area contributed by atoms with Gasteiger partial charge in [0.05, 0.1) is 9.26 Å². The maximum Gasteiger partial charge on any atom is 0.233 e. The lowest BCUT2D eigenvalue weighted by molar-refractivity contribution is 0.584. The lowest BCUT2D eigenvalue weighted by Crippen LogP contribution is -1.95. The van der Waals surface area contributed by atoms with Crippen LogP contribution in [-0.2, 0) is 0 Å². The summed E-state index contributed by atoms with van der Waals surface area (Å²) in [7, 11) is 0. The van der Waals surface area contributed by atoms with E-state index in [9.17, 15) is 4.39 Å². The van der Waals surface area contributed by atoms with Gasteiger partial charge in [0.1, 0.15) is 5.02 Å². The van der Waals surface area contributed by atoms with Crippen molar-refractivity contribution in [3.63, 3.8) is 0 Å². The van der Waals surface area contributed by atoms with Gasteiger partial charge in [-0.1, -0.05) is 11.6 Å². The highest BCUT2D eigenvalue weighted by Crippen LogP contribution is 2.24. The second-order valence-corrected chi connectivity index (χ2v) is 3.16. The van der Waals surface area contributed by atoms with Gasteiger partial charge in [-0.15, -0.1) is 0 Å². The van der Waals surface area contributed by atoms with Gasteiger partial charge < -0.3 is 5.73 Å². The van der Waals surface area contributed by atoms with Crippen LogP contribution in [0.5, 0.6) is 0 Å². The summed E-state index contributed by atoms with van der Waals surface area (Å²) in [6.07, 6.45) is 1.33. The summed E-state index contributed by atoms with van der Waals surface area (Å²) in [5, 5.41) is -0.105. The molecule has 0 spiro atoms. The average molecular weight is 272 g/mol. The van der Waals surface area contributed by atoms with Crippen molar-refractivity contribution in [2.24, 2.45) is 0 Å². The Balaban J connectivity index is 3.34. The van der Waals surface area contributed by atoms with Crippen LogP contribution in [0.15, 0.2) is 6.20 Å². The largest absolute Gasteiger partial charge is 0.396 e. The molecular weight excluding hydrogens is 269 g/mol. The van der Waals surface area contributed by atoms with Crippen LogP contribution in [-0.4, -0.2) is 4.98 Å². The van der Waals surface area contributed by atoms with Crippen molar-refractivity contribution in [2.45, 2.75) is 0 Å². The van der Waals surface area contributed by atoms with E-state index in [0.717, 1.165) is 0 Å². The van der Waals surface area contributed by atoms with Gasteiger partial charge in [-0.3, -0.25) is 0 Å². The fourth-order valence-electron chi connectivity index (χ4n) is 0.456. The Hall–Kier alpha value is -0.100. The Morgan fingerprint density at radius 3 is 2.80 bits per heavy atom. The molecular formula is C5H3ClFIN2. The highest BCUT2D eigenvalue weighted by molar-refractivity contribution is 14.1. The second kappa shape index (κ2) is 2.87. The van der Waals surface area contributed by atoms with Crippen molar-refractivity contribution in [3.05, 3.63) is 20.7 Å². The van der Waals surface area contributed by atoms with E-state index in [0.29, 0.717) is 3.57 Å². The van der Waals surface area contributed by atoms with E-state index in [1.54, 1.807) is 0 Å². The predicted molar refractivity (Wildman–Crippen MR) is 46.3 cm³/mol. The molecule has 0 unspecified atom stereocenters. The molecule has 0 atom stereocenters. The molecule has 2 N–H and O–H groups in total. The Kier molecular flexibility index (Phi) is 2.30. The van der Waals surface area contributed by atoms with Crippen molar-refractivity contribution >= 4 is 39.9 Å². The number of nitrogen functional groups attached to an aromatic ring is 1. The molecule has 0 saturated heterocycles. The van der Waals surface area contributed by atoms with Gasteiger partial charge in [0.25, 0.3) is 0 Å². The van der Waals surface area contributed by atoms with E-state index in [4.69, 9.17) is 17.3 Å². The topological polar surface area (TPSA) is 38.9 Å². The van der Waals surface area contributed by atoms with E-state index in [2.05, 4.69) is 4.98 Å². The normalized spacial score (nSPS) is 9.90. The van der Waals surface area contributed by atoms with Crippen LogP contribution >= 0.6 is 34.2 Å². The van der Waals surface area contributed by atoms with Crippen molar-refractivity contribution in [3.8, 4) is 0 Å². The van der Waals surface area contributed by atoms with Gasteiger partial charge in [0.2, 0.25) is 5.95 Å². The minimum atomic E-state index is -0.723. The zero-order valence-electron chi connectivity index (χ0n) is 4.74. The maximum absolute atomic E-state index is 12.4. The SMILES string of the molecule is Nc1c(I)cnc(F)c1Cl. The molecule has 0 aliphatic carbocycles. The number of nitrogens with two attached hydrogens (primary N) is 1. The van der Waals surface area contributed by atoms with Crippen LogP contribution < -0.4 is 5.73 Å². The molecule has 0 aliphatic rings. The summed E-state index contributed by atoms with van der Waals surface area (Å²) >= 11 is 7.34. The van der Waals surface area contributed by atoms with Crippen molar-refractivity contribution in [2.75, 3.05) is 5.73 Å². The molecule has 0 saturated carbocycles. The first-order valence-corrected chi connectivity index (χ1v) is 3.83. The summed E-state index contributed by atoms with van der Waals surface area (Å²) in [6, 6.07) is 0. The van der Waals surface area contributed by atoms with E-state index in [-0.39, 0.29) is 10.7 Å². The first-order chi connectivity index (χ1) is 4.63. The minimum Gasteiger partial charge on any atom is -0.396 e. The first kappa shape index (κ1) is 8.00. The molecule has 2 nitrogen and oxygen atoms in total. The lowest BCUT2D eigenvalue weighted by atomic mass is 10.4. The van der Waals surface area contributed by atoms with E-state index >= 15 is 0 Å². The van der Waals surface area contributed by atoms with Crippen molar-refractivity contribution in [1.82, 2.24) is 4.98 Å². The third-order valence-electron chi connectivity index (χ3n) is 0.966. The fourth-order valence-corrected chi connectivity index (χ4v) is 1.17. The third-order valence-corrected chi connectivity index (χ3v) is 2.19. The molecule has 1 aromatic rings. The fraction of sp³-hybridized carbons (Fsp3) is 0. The smallest absolute Gasteiger partial charge is 0.233 e. The van der Waals surface area contributed by atoms with Crippen LogP contribution in [0.1, 0.15) is 0 Å². The zero-order valence-corrected chi connectivity index (χ0v) is 7.65. The number of halogens is 3. The van der Waals surface area contributed by atoms with Gasteiger partial charge >= 0.3 is 0 Å². The van der Waals surface area contributed by atoms with Gasteiger partial charge in [0.15, 0.2) is 0 Å². The Bertz CT molecular complexity index is 239. The quantitative estimate of drug-likeness (QED) is 0.580. The third kappa shape index (κ3) is 1.32. The van der Waals surface area contributed by atoms with Gasteiger partial charge in [-0.2, -0.15) is 4.39 Å². The van der Waals surface area contributed by atoms with Crippen molar-refractivity contribution in [1.29, 1.82) is 0 Å². The first-order valence-electron chi connectivity index (χ1n) is 2.38. The monoisotopic (exact) mass is 272 g/mol. The number of anilines is 1. The number of nitrogens with zero attached hydrogens (tertiary/aromatic N) is 1.